The van der Waals surface area contributed by atoms with Crippen LogP contribution in [-0.4, -0.2) is 64.8 Å². The molecule has 1 atom stereocenters. The van der Waals surface area contributed by atoms with Crippen molar-refractivity contribution in [3.8, 4) is 0 Å². The Morgan fingerprint density at radius 3 is 2.65 bits per heavy atom. The molecule has 1 aromatic heterocycles. The lowest BCUT2D eigenvalue weighted by Gasteiger charge is -2.39. The Labute approximate surface area is 191 Å². The first-order chi connectivity index (χ1) is 14.6. The largest absolute Gasteiger partial charge is 0.465 e. The van der Waals surface area contributed by atoms with Gasteiger partial charge in [0.15, 0.2) is 0 Å². The molecule has 31 heavy (non-hydrogen) atoms. The molecule has 0 bridgehead atoms. The molecule has 172 valence electrons. The predicted octanol–water partition coefficient (Wildman–Crippen LogP) is 2.01. The molecule has 8 nitrogen and oxygen atoms in total. The highest BCUT2D eigenvalue weighted by molar-refractivity contribution is 9.10. The Morgan fingerprint density at radius 2 is 2.03 bits per heavy atom. The average Bonchev–Trinajstić information content (AvgIpc) is 2.69. The molecule has 1 aromatic rings. The quantitative estimate of drug-likeness (QED) is 0.583. The average molecular weight is 498 g/mol. The van der Waals surface area contributed by atoms with Crippen LogP contribution in [0.3, 0.4) is 0 Å². The van der Waals surface area contributed by atoms with Crippen LogP contribution < -0.4 is 10.9 Å². The van der Waals surface area contributed by atoms with Gasteiger partial charge in [-0.1, -0.05) is 0 Å². The molecule has 1 unspecified atom stereocenters. The number of pyridine rings is 1. The molecule has 9 heteroatoms. The van der Waals surface area contributed by atoms with Crippen LogP contribution in [0, 0.1) is 12.8 Å². The molecule has 3 rings (SSSR count). The summed E-state index contributed by atoms with van der Waals surface area (Å²) in [4.78, 5) is 39.2. The van der Waals surface area contributed by atoms with Crippen LogP contribution >= 0.6 is 15.9 Å². The maximum absolute atomic E-state index is 12.8. The van der Waals surface area contributed by atoms with E-state index in [9.17, 15) is 19.5 Å². The number of ether oxygens (including phenoxy) is 1. The first-order valence-corrected chi connectivity index (χ1v) is 11.7. The van der Waals surface area contributed by atoms with Gasteiger partial charge in [0.05, 0.1) is 18.6 Å². The van der Waals surface area contributed by atoms with Crippen LogP contribution in [0.1, 0.15) is 61.6 Å². The summed E-state index contributed by atoms with van der Waals surface area (Å²) < 4.78 is 7.30. The summed E-state index contributed by atoms with van der Waals surface area (Å²) >= 11 is 3.46. The van der Waals surface area contributed by atoms with Crippen LogP contribution in [0.5, 0.6) is 0 Å². The number of carbonyl (C=O) groups is 2. The third-order valence-corrected chi connectivity index (χ3v) is 7.07. The second-order valence-corrected chi connectivity index (χ2v) is 9.92. The highest BCUT2D eigenvalue weighted by Crippen LogP contribution is 2.25. The molecule has 0 aromatic carbocycles. The molecule has 2 aliphatic rings. The molecule has 0 radical (unpaired) electrons. The monoisotopic (exact) mass is 497 g/mol. The number of carbonyl (C=O) groups excluding carboxylic acids is 2. The Bertz CT molecular complexity index is 892. The van der Waals surface area contributed by atoms with Crippen LogP contribution in [0.4, 0.5) is 0 Å². The van der Waals surface area contributed by atoms with Gasteiger partial charge >= 0.3 is 5.97 Å². The Hall–Kier alpha value is -1.71. The molecule has 3 heterocycles. The van der Waals surface area contributed by atoms with Gasteiger partial charge in [-0.2, -0.15) is 0 Å². The number of esters is 1. The minimum absolute atomic E-state index is 0.0401. The van der Waals surface area contributed by atoms with E-state index in [4.69, 9.17) is 4.74 Å². The Morgan fingerprint density at radius 1 is 1.35 bits per heavy atom. The number of β-amino-alcohol motifs (C(OH)–C–C–N with tert-alkyl or cyclic N) is 1. The number of piperidine rings is 1. The number of likely N-dealkylation sites (tertiary alicyclic amines) is 1. The van der Waals surface area contributed by atoms with Gasteiger partial charge in [0.2, 0.25) is 0 Å². The molecule has 0 spiro atoms. The van der Waals surface area contributed by atoms with Gasteiger partial charge in [0, 0.05) is 35.7 Å². The maximum atomic E-state index is 12.8. The summed E-state index contributed by atoms with van der Waals surface area (Å²) in [6.45, 7) is 8.54. The standard InChI is InChI=1S/C22H32BrN3O5/c1-14(2)26-15(3)18(23)10-17(21(26)29)20(28)24-12-16-4-7-25(8-5-16)13-22(30)6-9-31-19(27)11-22/h10,14,16,30H,4-9,11-13H2,1-3H3,(H,24,28). The summed E-state index contributed by atoms with van der Waals surface area (Å²) in [5.74, 6) is -0.379. The number of aliphatic hydroxyl groups is 1. The van der Waals surface area contributed by atoms with E-state index in [1.807, 2.05) is 20.8 Å². The number of nitrogens with one attached hydrogen (secondary N) is 1. The van der Waals surface area contributed by atoms with Crippen LogP contribution in [0.2, 0.25) is 0 Å². The van der Waals surface area contributed by atoms with E-state index in [-0.39, 0.29) is 42.1 Å². The van der Waals surface area contributed by atoms with Gasteiger partial charge < -0.3 is 24.6 Å². The number of amides is 1. The second kappa shape index (κ2) is 9.83. The molecular weight excluding hydrogens is 466 g/mol. The Kier molecular flexibility index (Phi) is 7.59. The van der Waals surface area contributed by atoms with Crippen molar-refractivity contribution >= 4 is 27.8 Å². The highest BCUT2D eigenvalue weighted by atomic mass is 79.9. The number of nitrogens with zero attached hydrogens (tertiary/aromatic N) is 2. The molecule has 0 aliphatic carbocycles. The lowest BCUT2D eigenvalue weighted by Crippen LogP contribution is -2.50. The molecule has 1 amide bonds. The molecule has 2 aliphatic heterocycles. The van der Waals surface area contributed by atoms with E-state index in [1.54, 1.807) is 10.6 Å². The van der Waals surface area contributed by atoms with E-state index in [2.05, 4.69) is 26.1 Å². The van der Waals surface area contributed by atoms with E-state index >= 15 is 0 Å². The zero-order valence-corrected chi connectivity index (χ0v) is 20.0. The van der Waals surface area contributed by atoms with Crippen LogP contribution in [-0.2, 0) is 9.53 Å². The third-order valence-electron chi connectivity index (χ3n) is 6.27. The number of hydrogen-bond donors (Lipinski definition) is 2. The normalized spacial score (nSPS) is 23.1. The second-order valence-electron chi connectivity index (χ2n) is 9.06. The lowest BCUT2D eigenvalue weighted by atomic mass is 9.90. The summed E-state index contributed by atoms with van der Waals surface area (Å²) in [7, 11) is 0. The first kappa shape index (κ1) is 23.9. The summed E-state index contributed by atoms with van der Waals surface area (Å²) in [5, 5.41) is 13.6. The smallest absolute Gasteiger partial charge is 0.308 e. The molecule has 2 saturated heterocycles. The Balaban J connectivity index is 1.53. The fourth-order valence-electron chi connectivity index (χ4n) is 4.47. The van der Waals surface area contributed by atoms with Gasteiger partial charge in [0.25, 0.3) is 11.5 Å². The summed E-state index contributed by atoms with van der Waals surface area (Å²) in [5.41, 5.74) is -0.333. The molecule has 2 N–H and O–H groups in total. The topological polar surface area (TPSA) is 101 Å². The number of hydrogen-bond acceptors (Lipinski definition) is 6. The van der Waals surface area contributed by atoms with Crippen molar-refractivity contribution in [1.82, 2.24) is 14.8 Å². The van der Waals surface area contributed by atoms with Crippen molar-refractivity contribution in [3.63, 3.8) is 0 Å². The van der Waals surface area contributed by atoms with Crippen molar-refractivity contribution in [1.29, 1.82) is 0 Å². The third kappa shape index (κ3) is 5.75. The summed E-state index contributed by atoms with van der Waals surface area (Å²) in [6.07, 6.45) is 2.28. The number of rotatable bonds is 6. The van der Waals surface area contributed by atoms with Gasteiger partial charge in [-0.15, -0.1) is 0 Å². The van der Waals surface area contributed by atoms with Crippen molar-refractivity contribution in [2.45, 2.75) is 58.1 Å². The van der Waals surface area contributed by atoms with Crippen molar-refractivity contribution < 1.29 is 19.4 Å². The number of aromatic nitrogens is 1. The number of cyclic esters (lactones) is 1. The van der Waals surface area contributed by atoms with Crippen molar-refractivity contribution in [2.75, 3.05) is 32.8 Å². The van der Waals surface area contributed by atoms with Gasteiger partial charge in [-0.05, 0) is 74.6 Å². The van der Waals surface area contributed by atoms with Crippen molar-refractivity contribution in [2.24, 2.45) is 5.92 Å². The minimum atomic E-state index is -1.01. The molecule has 0 saturated carbocycles. The zero-order chi connectivity index (χ0) is 22.8. The van der Waals surface area contributed by atoms with E-state index in [0.29, 0.717) is 25.4 Å². The predicted molar refractivity (Wildman–Crippen MR) is 120 cm³/mol. The maximum Gasteiger partial charge on any atom is 0.308 e. The first-order valence-electron chi connectivity index (χ1n) is 10.9. The zero-order valence-electron chi connectivity index (χ0n) is 18.4. The van der Waals surface area contributed by atoms with E-state index in [1.165, 1.54) is 0 Å². The minimum Gasteiger partial charge on any atom is -0.465 e. The fourth-order valence-corrected chi connectivity index (χ4v) is 4.89. The molecule has 2 fully saturated rings. The highest BCUT2D eigenvalue weighted by Gasteiger charge is 2.37. The van der Waals surface area contributed by atoms with Crippen LogP contribution in [0.15, 0.2) is 15.3 Å². The van der Waals surface area contributed by atoms with Crippen LogP contribution in [0.25, 0.3) is 0 Å². The van der Waals surface area contributed by atoms with Gasteiger partial charge in [-0.3, -0.25) is 14.4 Å². The SMILES string of the molecule is Cc1c(Br)cc(C(=O)NCC2CCN(CC3(O)CCOC(=O)C3)CC2)c(=O)n1C(C)C. The molecular formula is C22H32BrN3O5. The van der Waals surface area contributed by atoms with E-state index < -0.39 is 5.60 Å². The number of halogens is 1. The van der Waals surface area contributed by atoms with Gasteiger partial charge in [-0.25, -0.2) is 0 Å². The summed E-state index contributed by atoms with van der Waals surface area (Å²) in [6, 6.07) is 1.56. The fraction of sp³-hybridized carbons (Fsp3) is 0.682. The van der Waals surface area contributed by atoms with Gasteiger partial charge in [0.1, 0.15) is 5.56 Å². The lowest BCUT2D eigenvalue weighted by molar-refractivity contribution is -0.161. The van der Waals surface area contributed by atoms with Crippen molar-refractivity contribution in [3.05, 3.63) is 32.2 Å². The van der Waals surface area contributed by atoms with E-state index in [0.717, 1.165) is 36.1 Å².